The lowest BCUT2D eigenvalue weighted by Crippen LogP contribution is -2.27. The topological polar surface area (TPSA) is 71.3 Å². The fourth-order valence-electron chi connectivity index (χ4n) is 1.79. The van der Waals surface area contributed by atoms with Crippen LogP contribution in [0.2, 0.25) is 0 Å². The van der Waals surface area contributed by atoms with Crippen LogP contribution in [-0.4, -0.2) is 11.7 Å². The number of hydrogen-bond acceptors (Lipinski definition) is 4. The zero-order valence-electron chi connectivity index (χ0n) is 13.3. The van der Waals surface area contributed by atoms with Gasteiger partial charge in [-0.3, -0.25) is 5.32 Å². The van der Waals surface area contributed by atoms with Gasteiger partial charge in [-0.1, -0.05) is 6.07 Å². The third kappa shape index (κ3) is 5.36. The van der Waals surface area contributed by atoms with E-state index >= 15 is 0 Å². The van der Waals surface area contributed by atoms with Gasteiger partial charge in [0.2, 0.25) is 0 Å². The number of nitrogens with one attached hydrogen (secondary N) is 1. The Balaban J connectivity index is 1.99. The molecule has 2 rings (SSSR count). The summed E-state index contributed by atoms with van der Waals surface area (Å²) in [5.41, 5.74) is 0.599. The van der Waals surface area contributed by atoms with Crippen LogP contribution in [0.4, 0.5) is 10.5 Å². The summed E-state index contributed by atoms with van der Waals surface area (Å²) in [6, 6.07) is 15.8. The Morgan fingerprint density at radius 1 is 1.09 bits per heavy atom. The molecular formula is C18H18N2O3. The number of rotatable bonds is 3. The van der Waals surface area contributed by atoms with Gasteiger partial charge >= 0.3 is 6.09 Å². The van der Waals surface area contributed by atoms with E-state index < -0.39 is 11.7 Å². The van der Waals surface area contributed by atoms with Gasteiger partial charge in [-0.25, -0.2) is 4.79 Å². The van der Waals surface area contributed by atoms with Gasteiger partial charge in [-0.15, -0.1) is 0 Å². The largest absolute Gasteiger partial charge is 0.457 e. The summed E-state index contributed by atoms with van der Waals surface area (Å²) >= 11 is 0. The van der Waals surface area contributed by atoms with Gasteiger partial charge in [-0.05, 0) is 63.2 Å². The highest BCUT2D eigenvalue weighted by molar-refractivity contribution is 5.84. The van der Waals surface area contributed by atoms with Gasteiger partial charge in [0, 0.05) is 5.69 Å². The molecule has 0 fully saturated rings. The van der Waals surface area contributed by atoms with Crippen molar-refractivity contribution in [2.45, 2.75) is 26.4 Å². The average Bonchev–Trinajstić information content (AvgIpc) is 2.47. The maximum Gasteiger partial charge on any atom is 0.412 e. The first-order valence-electron chi connectivity index (χ1n) is 7.14. The van der Waals surface area contributed by atoms with Gasteiger partial charge in [-0.2, -0.15) is 5.26 Å². The number of ether oxygens (including phenoxy) is 2. The van der Waals surface area contributed by atoms with Crippen molar-refractivity contribution >= 4 is 11.8 Å². The van der Waals surface area contributed by atoms with Crippen molar-refractivity contribution in [2.24, 2.45) is 0 Å². The second-order valence-electron chi connectivity index (χ2n) is 5.89. The monoisotopic (exact) mass is 310 g/mol. The Labute approximate surface area is 135 Å². The number of anilines is 1. The molecule has 0 aromatic heterocycles. The van der Waals surface area contributed by atoms with E-state index in [1.165, 1.54) is 0 Å². The minimum Gasteiger partial charge on any atom is -0.457 e. The molecule has 0 atom stereocenters. The summed E-state index contributed by atoms with van der Waals surface area (Å²) in [6.07, 6.45) is -0.507. The molecule has 2 aromatic rings. The van der Waals surface area contributed by atoms with Gasteiger partial charge in [0.05, 0.1) is 11.6 Å². The average molecular weight is 310 g/mol. The van der Waals surface area contributed by atoms with Gasteiger partial charge in [0.15, 0.2) is 0 Å². The Hall–Kier alpha value is -3.00. The van der Waals surface area contributed by atoms with Crippen LogP contribution < -0.4 is 10.1 Å². The minimum atomic E-state index is -0.543. The first-order valence-corrected chi connectivity index (χ1v) is 7.14. The van der Waals surface area contributed by atoms with E-state index in [2.05, 4.69) is 11.4 Å². The fraction of sp³-hybridized carbons (Fsp3) is 0.222. The van der Waals surface area contributed by atoms with E-state index in [1.54, 1.807) is 69.3 Å². The van der Waals surface area contributed by atoms with Crippen LogP contribution in [0, 0.1) is 11.3 Å². The van der Waals surface area contributed by atoms with Crippen LogP contribution in [0.15, 0.2) is 48.5 Å². The molecule has 0 saturated heterocycles. The SMILES string of the molecule is CC(C)(C)OC(=O)Nc1ccc(Oc2cccc(C#N)c2)cc1. The quantitative estimate of drug-likeness (QED) is 0.892. The number of nitrogens with zero attached hydrogens (tertiary/aromatic N) is 1. The van der Waals surface area contributed by atoms with Crippen molar-refractivity contribution < 1.29 is 14.3 Å². The van der Waals surface area contributed by atoms with E-state index in [0.29, 0.717) is 22.7 Å². The third-order valence-electron chi connectivity index (χ3n) is 2.70. The zero-order valence-corrected chi connectivity index (χ0v) is 13.3. The fourth-order valence-corrected chi connectivity index (χ4v) is 1.79. The summed E-state index contributed by atoms with van der Waals surface area (Å²) in [7, 11) is 0. The summed E-state index contributed by atoms with van der Waals surface area (Å²) in [4.78, 5) is 11.7. The highest BCUT2D eigenvalue weighted by atomic mass is 16.6. The summed E-state index contributed by atoms with van der Waals surface area (Å²) < 4.78 is 10.8. The molecular weight excluding hydrogens is 292 g/mol. The van der Waals surface area contributed by atoms with Crippen molar-refractivity contribution in [2.75, 3.05) is 5.32 Å². The highest BCUT2D eigenvalue weighted by Gasteiger charge is 2.16. The van der Waals surface area contributed by atoms with Crippen molar-refractivity contribution in [3.05, 3.63) is 54.1 Å². The molecule has 0 saturated carbocycles. The molecule has 1 amide bonds. The summed E-state index contributed by atoms with van der Waals surface area (Å²) in [5, 5.41) is 11.5. The molecule has 0 aliphatic carbocycles. The van der Waals surface area contributed by atoms with Gasteiger partial charge in [0.25, 0.3) is 0 Å². The summed E-state index contributed by atoms with van der Waals surface area (Å²) in [5.74, 6) is 1.19. The molecule has 0 spiro atoms. The second kappa shape index (κ2) is 6.84. The van der Waals surface area contributed by atoms with Crippen LogP contribution in [0.3, 0.4) is 0 Å². The molecule has 0 aliphatic rings. The number of carbonyl (C=O) groups excluding carboxylic acids is 1. The molecule has 0 aliphatic heterocycles. The molecule has 23 heavy (non-hydrogen) atoms. The van der Waals surface area contributed by atoms with Crippen molar-refractivity contribution in [3.63, 3.8) is 0 Å². The van der Waals surface area contributed by atoms with E-state index in [1.807, 2.05) is 0 Å². The number of hydrogen-bond donors (Lipinski definition) is 1. The van der Waals surface area contributed by atoms with E-state index in [4.69, 9.17) is 14.7 Å². The lowest BCUT2D eigenvalue weighted by Gasteiger charge is -2.19. The van der Waals surface area contributed by atoms with Crippen LogP contribution in [0.1, 0.15) is 26.3 Å². The Morgan fingerprint density at radius 2 is 1.78 bits per heavy atom. The molecule has 118 valence electrons. The highest BCUT2D eigenvalue weighted by Crippen LogP contribution is 2.24. The Bertz CT molecular complexity index is 725. The Morgan fingerprint density at radius 3 is 2.39 bits per heavy atom. The molecule has 1 N–H and O–H groups in total. The molecule has 5 heteroatoms. The number of benzene rings is 2. The van der Waals surface area contributed by atoms with E-state index in [-0.39, 0.29) is 0 Å². The molecule has 0 bridgehead atoms. The predicted octanol–water partition coefficient (Wildman–Crippen LogP) is 4.70. The smallest absolute Gasteiger partial charge is 0.412 e. The maximum atomic E-state index is 11.7. The molecule has 0 radical (unpaired) electrons. The molecule has 2 aromatic carbocycles. The van der Waals surface area contributed by atoms with E-state index in [9.17, 15) is 4.79 Å². The number of nitriles is 1. The Kier molecular flexibility index (Phi) is 4.87. The standard InChI is InChI=1S/C18H18N2O3/c1-18(2,3)23-17(21)20-14-7-9-15(10-8-14)22-16-6-4-5-13(11-16)12-19/h4-11H,1-3H3,(H,20,21). The van der Waals surface area contributed by atoms with Gasteiger partial charge < -0.3 is 9.47 Å². The van der Waals surface area contributed by atoms with Crippen molar-refractivity contribution in [1.29, 1.82) is 5.26 Å². The van der Waals surface area contributed by atoms with Crippen LogP contribution in [-0.2, 0) is 4.74 Å². The van der Waals surface area contributed by atoms with Crippen molar-refractivity contribution in [3.8, 4) is 17.6 Å². The minimum absolute atomic E-state index is 0.507. The lowest BCUT2D eigenvalue weighted by molar-refractivity contribution is 0.0636. The van der Waals surface area contributed by atoms with Crippen molar-refractivity contribution in [1.82, 2.24) is 0 Å². The second-order valence-corrected chi connectivity index (χ2v) is 5.89. The molecule has 0 heterocycles. The van der Waals surface area contributed by atoms with E-state index in [0.717, 1.165) is 0 Å². The number of amides is 1. The lowest BCUT2D eigenvalue weighted by atomic mass is 10.2. The maximum absolute atomic E-state index is 11.7. The number of carbonyl (C=O) groups is 1. The first-order chi connectivity index (χ1) is 10.9. The van der Waals surface area contributed by atoms with Crippen LogP contribution >= 0.6 is 0 Å². The normalized spacial score (nSPS) is 10.5. The molecule has 5 nitrogen and oxygen atoms in total. The zero-order chi connectivity index (χ0) is 16.9. The molecule has 0 unspecified atom stereocenters. The third-order valence-corrected chi connectivity index (χ3v) is 2.70. The first kappa shape index (κ1) is 16.4. The van der Waals surface area contributed by atoms with Crippen LogP contribution in [0.5, 0.6) is 11.5 Å². The predicted molar refractivity (Wildman–Crippen MR) is 87.5 cm³/mol. The summed E-state index contributed by atoms with van der Waals surface area (Å²) in [6.45, 7) is 5.41. The van der Waals surface area contributed by atoms with Crippen LogP contribution in [0.25, 0.3) is 0 Å². The van der Waals surface area contributed by atoms with Gasteiger partial charge in [0.1, 0.15) is 17.1 Å².